The third-order valence-corrected chi connectivity index (χ3v) is 2.14. The van der Waals surface area contributed by atoms with Crippen LogP contribution in [0.2, 0.25) is 0 Å². The van der Waals surface area contributed by atoms with Crippen LogP contribution < -0.4 is 0 Å². The molecular weight excluding hydrogens is 202 g/mol. The summed E-state index contributed by atoms with van der Waals surface area (Å²) in [5, 5.41) is 9.40. The first-order valence-corrected chi connectivity index (χ1v) is 4.77. The van der Waals surface area contributed by atoms with E-state index < -0.39 is 5.97 Å². The van der Waals surface area contributed by atoms with Gasteiger partial charge in [-0.15, -0.1) is 0 Å². The van der Waals surface area contributed by atoms with Crippen molar-refractivity contribution in [1.82, 2.24) is 4.98 Å². The van der Waals surface area contributed by atoms with Gasteiger partial charge in [0.2, 0.25) is 0 Å². The van der Waals surface area contributed by atoms with Gasteiger partial charge in [-0.1, -0.05) is 12.0 Å². The molecule has 0 unspecified atom stereocenters. The summed E-state index contributed by atoms with van der Waals surface area (Å²) in [4.78, 5) is 14.6. The second-order valence-electron chi connectivity index (χ2n) is 3.42. The summed E-state index contributed by atoms with van der Waals surface area (Å²) >= 11 is 0. The molecule has 1 heterocycles. The van der Waals surface area contributed by atoms with Crippen molar-refractivity contribution in [1.29, 1.82) is 0 Å². The molecule has 0 aliphatic heterocycles. The first kappa shape index (κ1) is 10.2. The van der Waals surface area contributed by atoms with E-state index >= 15 is 0 Å². The largest absolute Gasteiger partial charge is 0.472 e. The molecule has 0 aliphatic carbocycles. The van der Waals surface area contributed by atoms with E-state index in [0.717, 1.165) is 16.6 Å². The van der Waals surface area contributed by atoms with Crippen molar-refractivity contribution in [3.63, 3.8) is 0 Å². The zero-order valence-corrected chi connectivity index (χ0v) is 8.69. The minimum absolute atomic E-state index is 0.681. The molecule has 3 heteroatoms. The summed E-state index contributed by atoms with van der Waals surface area (Å²) < 4.78 is 0. The van der Waals surface area contributed by atoms with Crippen LogP contribution in [-0.2, 0) is 4.79 Å². The Kier molecular flexibility index (Phi) is 2.57. The molecule has 0 aliphatic rings. The topological polar surface area (TPSA) is 50.2 Å². The molecule has 0 amide bonds. The summed E-state index contributed by atoms with van der Waals surface area (Å²) in [6.07, 6.45) is 0. The molecule has 0 bridgehead atoms. The zero-order chi connectivity index (χ0) is 11.5. The maximum Gasteiger partial charge on any atom is 0.382 e. The number of hydrogen-bond donors (Lipinski definition) is 1. The van der Waals surface area contributed by atoms with Crippen LogP contribution in [0.15, 0.2) is 30.3 Å². The lowest BCUT2D eigenvalue weighted by Gasteiger charge is -1.98. The van der Waals surface area contributed by atoms with Gasteiger partial charge >= 0.3 is 5.97 Å². The highest BCUT2D eigenvalue weighted by Crippen LogP contribution is 2.13. The van der Waals surface area contributed by atoms with E-state index in [1.54, 1.807) is 6.07 Å². The lowest BCUT2D eigenvalue weighted by atomic mass is 10.1. The molecule has 3 nitrogen and oxygen atoms in total. The minimum Gasteiger partial charge on any atom is -0.472 e. The third kappa shape index (κ3) is 2.18. The highest BCUT2D eigenvalue weighted by molar-refractivity contribution is 5.88. The van der Waals surface area contributed by atoms with Gasteiger partial charge in [0, 0.05) is 22.6 Å². The Labute approximate surface area is 92.7 Å². The number of rotatable bonds is 0. The second-order valence-corrected chi connectivity index (χ2v) is 3.42. The summed E-state index contributed by atoms with van der Waals surface area (Å²) in [6, 6.07) is 9.30. The fraction of sp³-hybridized carbons (Fsp3) is 0.0769. The minimum atomic E-state index is -1.12. The van der Waals surface area contributed by atoms with Crippen molar-refractivity contribution in [2.45, 2.75) is 6.92 Å². The SMILES string of the molecule is Cc1ccc2cc(C#CC(=O)O)ccc2n1. The number of fused-ring (bicyclic) bond motifs is 1. The van der Waals surface area contributed by atoms with Gasteiger partial charge in [-0.25, -0.2) is 4.79 Å². The Morgan fingerprint density at radius 1 is 1.31 bits per heavy atom. The van der Waals surface area contributed by atoms with E-state index in [1.807, 2.05) is 31.2 Å². The van der Waals surface area contributed by atoms with Crippen molar-refractivity contribution in [3.8, 4) is 11.8 Å². The molecule has 0 atom stereocenters. The Hall–Kier alpha value is -2.34. The molecule has 1 aromatic heterocycles. The number of carboxylic acids is 1. The number of carboxylic acid groups (broad SMARTS) is 1. The molecule has 1 N–H and O–H groups in total. The smallest absolute Gasteiger partial charge is 0.382 e. The van der Waals surface area contributed by atoms with Crippen molar-refractivity contribution in [2.75, 3.05) is 0 Å². The molecule has 2 aromatic rings. The molecule has 2 rings (SSSR count). The van der Waals surface area contributed by atoms with Crippen molar-refractivity contribution in [3.05, 3.63) is 41.6 Å². The molecule has 0 saturated carbocycles. The quantitative estimate of drug-likeness (QED) is 0.678. The van der Waals surface area contributed by atoms with E-state index in [4.69, 9.17) is 5.11 Å². The normalized spacial score (nSPS) is 9.56. The second kappa shape index (κ2) is 4.03. The number of carbonyl (C=O) groups is 1. The van der Waals surface area contributed by atoms with Crippen LogP contribution in [0, 0.1) is 18.8 Å². The Bertz CT molecular complexity index is 621. The average molecular weight is 211 g/mol. The number of aromatic nitrogens is 1. The third-order valence-electron chi connectivity index (χ3n) is 2.14. The summed E-state index contributed by atoms with van der Waals surface area (Å²) in [7, 11) is 0. The first-order valence-electron chi connectivity index (χ1n) is 4.77. The van der Waals surface area contributed by atoms with Gasteiger partial charge in [0.15, 0.2) is 0 Å². The molecule has 0 fully saturated rings. The maximum absolute atomic E-state index is 10.3. The van der Waals surface area contributed by atoms with E-state index in [-0.39, 0.29) is 0 Å². The first-order chi connectivity index (χ1) is 7.65. The van der Waals surface area contributed by atoms with E-state index in [2.05, 4.69) is 16.8 Å². The van der Waals surface area contributed by atoms with E-state index in [9.17, 15) is 4.79 Å². The van der Waals surface area contributed by atoms with E-state index in [0.29, 0.717) is 5.56 Å². The number of nitrogens with zero attached hydrogens (tertiary/aromatic N) is 1. The van der Waals surface area contributed by atoms with Crippen LogP contribution in [0.5, 0.6) is 0 Å². The number of benzene rings is 1. The van der Waals surface area contributed by atoms with Crippen LogP contribution in [0.3, 0.4) is 0 Å². The van der Waals surface area contributed by atoms with Crippen molar-refractivity contribution < 1.29 is 9.90 Å². The lowest BCUT2D eigenvalue weighted by Crippen LogP contribution is -1.88. The van der Waals surface area contributed by atoms with Gasteiger partial charge in [0.05, 0.1) is 5.52 Å². The molecule has 0 spiro atoms. The van der Waals surface area contributed by atoms with Gasteiger partial charge in [-0.05, 0) is 31.2 Å². The van der Waals surface area contributed by atoms with Crippen LogP contribution >= 0.6 is 0 Å². The fourth-order valence-corrected chi connectivity index (χ4v) is 1.43. The van der Waals surface area contributed by atoms with Gasteiger partial charge in [-0.3, -0.25) is 4.98 Å². The van der Waals surface area contributed by atoms with Crippen molar-refractivity contribution in [2.24, 2.45) is 0 Å². The average Bonchev–Trinajstić information content (AvgIpc) is 2.26. The summed E-state index contributed by atoms with van der Waals surface area (Å²) in [6.45, 7) is 1.93. The molecule has 1 aromatic carbocycles. The molecule has 0 saturated heterocycles. The monoisotopic (exact) mass is 211 g/mol. The number of hydrogen-bond acceptors (Lipinski definition) is 2. The van der Waals surface area contributed by atoms with Crippen LogP contribution in [-0.4, -0.2) is 16.1 Å². The van der Waals surface area contributed by atoms with Gasteiger partial charge in [0.1, 0.15) is 0 Å². The van der Waals surface area contributed by atoms with Gasteiger partial charge < -0.3 is 5.11 Å². The molecule has 16 heavy (non-hydrogen) atoms. The maximum atomic E-state index is 10.3. The van der Waals surface area contributed by atoms with Crippen LogP contribution in [0.4, 0.5) is 0 Å². The predicted octanol–water partition coefficient (Wildman–Crippen LogP) is 1.98. The molecular formula is C13H9NO2. The lowest BCUT2D eigenvalue weighted by molar-refractivity contribution is -0.130. The molecule has 78 valence electrons. The number of pyridine rings is 1. The van der Waals surface area contributed by atoms with Crippen LogP contribution in [0.1, 0.15) is 11.3 Å². The Balaban J connectivity index is 2.50. The highest BCUT2D eigenvalue weighted by atomic mass is 16.4. The van der Waals surface area contributed by atoms with Crippen LogP contribution in [0.25, 0.3) is 10.9 Å². The number of aryl methyl sites for hydroxylation is 1. The zero-order valence-electron chi connectivity index (χ0n) is 8.69. The van der Waals surface area contributed by atoms with Gasteiger partial charge in [-0.2, -0.15) is 0 Å². The Morgan fingerprint density at radius 3 is 2.88 bits per heavy atom. The Morgan fingerprint density at radius 2 is 2.12 bits per heavy atom. The van der Waals surface area contributed by atoms with Gasteiger partial charge in [0.25, 0.3) is 0 Å². The summed E-state index contributed by atoms with van der Waals surface area (Å²) in [5.74, 6) is 3.53. The fourth-order valence-electron chi connectivity index (χ4n) is 1.43. The summed E-state index contributed by atoms with van der Waals surface area (Å²) in [5.41, 5.74) is 2.53. The standard InChI is InChI=1S/C13H9NO2/c1-9-2-5-11-8-10(4-7-13(15)16)3-6-12(11)14-9/h2-3,5-6,8H,1H3,(H,15,16). The highest BCUT2D eigenvalue weighted by Gasteiger charge is 1.96. The predicted molar refractivity (Wildman–Crippen MR) is 61.0 cm³/mol. The van der Waals surface area contributed by atoms with Crippen molar-refractivity contribution >= 4 is 16.9 Å². The van der Waals surface area contributed by atoms with E-state index in [1.165, 1.54) is 0 Å². The molecule has 0 radical (unpaired) electrons. The number of aliphatic carboxylic acids is 1.